The summed E-state index contributed by atoms with van der Waals surface area (Å²) in [5, 5.41) is -0.0270. The van der Waals surface area contributed by atoms with Gasteiger partial charge in [0, 0.05) is 33.7 Å². The number of hydrogen-bond donors (Lipinski definition) is 0. The van der Waals surface area contributed by atoms with Crippen LogP contribution >= 0.6 is 11.6 Å². The van der Waals surface area contributed by atoms with Crippen molar-refractivity contribution in [3.8, 4) is 0 Å². The van der Waals surface area contributed by atoms with E-state index in [1.54, 1.807) is 14.1 Å². The third-order valence-corrected chi connectivity index (χ3v) is 6.49. The van der Waals surface area contributed by atoms with E-state index in [2.05, 4.69) is 4.98 Å². The SMILES string of the molecule is CN(CC1CCCN(S(=O)(=O)c2ncn(C)c2Cl)C1)C(=O)OC(C)(C)C. The van der Waals surface area contributed by atoms with Gasteiger partial charge in [0.1, 0.15) is 10.8 Å². The van der Waals surface area contributed by atoms with Crippen LogP contribution in [0.1, 0.15) is 33.6 Å². The second-order valence-corrected chi connectivity index (χ2v) is 9.89. The van der Waals surface area contributed by atoms with Crippen LogP contribution in [0, 0.1) is 5.92 Å². The Labute approximate surface area is 160 Å². The van der Waals surface area contributed by atoms with Crippen LogP contribution in [-0.4, -0.2) is 65.6 Å². The van der Waals surface area contributed by atoms with E-state index in [-0.39, 0.29) is 16.1 Å². The van der Waals surface area contributed by atoms with Crippen molar-refractivity contribution in [2.75, 3.05) is 26.7 Å². The van der Waals surface area contributed by atoms with Crippen molar-refractivity contribution < 1.29 is 17.9 Å². The number of ether oxygens (including phenoxy) is 1. The largest absolute Gasteiger partial charge is 0.444 e. The van der Waals surface area contributed by atoms with E-state index in [1.165, 1.54) is 20.1 Å². The summed E-state index contributed by atoms with van der Waals surface area (Å²) in [6.45, 7) is 6.60. The fourth-order valence-corrected chi connectivity index (χ4v) is 4.83. The van der Waals surface area contributed by atoms with E-state index in [4.69, 9.17) is 16.3 Å². The van der Waals surface area contributed by atoms with Crippen LogP contribution in [0.15, 0.2) is 11.4 Å². The van der Waals surface area contributed by atoms with E-state index < -0.39 is 21.7 Å². The molecule has 1 aliphatic heterocycles. The molecule has 1 aliphatic rings. The highest BCUT2D eigenvalue weighted by molar-refractivity contribution is 7.89. The van der Waals surface area contributed by atoms with Gasteiger partial charge in [-0.25, -0.2) is 18.2 Å². The number of sulfonamides is 1. The van der Waals surface area contributed by atoms with E-state index in [0.717, 1.165) is 12.8 Å². The smallest absolute Gasteiger partial charge is 0.410 e. The van der Waals surface area contributed by atoms with Gasteiger partial charge < -0.3 is 14.2 Å². The highest BCUT2D eigenvalue weighted by Gasteiger charge is 2.34. The third-order valence-electron chi connectivity index (χ3n) is 4.14. The van der Waals surface area contributed by atoms with Crippen LogP contribution < -0.4 is 0 Å². The molecular weight excluding hydrogens is 380 g/mol. The number of hydrogen-bond acceptors (Lipinski definition) is 5. The molecule has 10 heteroatoms. The van der Waals surface area contributed by atoms with Gasteiger partial charge in [-0.1, -0.05) is 11.6 Å². The Bertz CT molecular complexity index is 757. The molecule has 1 amide bonds. The van der Waals surface area contributed by atoms with Crippen molar-refractivity contribution in [1.82, 2.24) is 18.8 Å². The number of rotatable bonds is 4. The van der Waals surface area contributed by atoms with E-state index in [0.29, 0.717) is 19.6 Å². The molecule has 148 valence electrons. The van der Waals surface area contributed by atoms with E-state index in [9.17, 15) is 13.2 Å². The monoisotopic (exact) mass is 406 g/mol. The number of halogens is 1. The maximum Gasteiger partial charge on any atom is 0.410 e. The molecule has 1 aromatic heterocycles. The first-order valence-electron chi connectivity index (χ1n) is 8.53. The predicted octanol–water partition coefficient (Wildman–Crippen LogP) is 2.34. The van der Waals surface area contributed by atoms with Gasteiger partial charge in [-0.15, -0.1) is 0 Å². The molecule has 1 unspecified atom stereocenters. The van der Waals surface area contributed by atoms with E-state index in [1.807, 2.05) is 20.8 Å². The minimum atomic E-state index is -3.75. The van der Waals surface area contributed by atoms with Crippen molar-refractivity contribution >= 4 is 27.7 Å². The Morgan fingerprint density at radius 2 is 2.12 bits per heavy atom. The van der Waals surface area contributed by atoms with Gasteiger partial charge in [-0.3, -0.25) is 0 Å². The maximum atomic E-state index is 12.8. The Hall–Kier alpha value is -1.32. The van der Waals surface area contributed by atoms with Crippen LogP contribution in [0.4, 0.5) is 4.79 Å². The molecule has 1 aromatic rings. The minimum absolute atomic E-state index is 0.0264. The summed E-state index contributed by atoms with van der Waals surface area (Å²) in [7, 11) is -0.449. The summed E-state index contributed by atoms with van der Waals surface area (Å²) < 4.78 is 33.9. The molecule has 0 radical (unpaired) electrons. The summed E-state index contributed by atoms with van der Waals surface area (Å²) in [6.07, 6.45) is 2.53. The summed E-state index contributed by atoms with van der Waals surface area (Å²) in [5.74, 6) is 0.0264. The number of imidazole rings is 1. The fourth-order valence-electron chi connectivity index (χ4n) is 2.89. The second-order valence-electron chi connectivity index (χ2n) is 7.68. The van der Waals surface area contributed by atoms with Gasteiger partial charge in [-0.2, -0.15) is 4.31 Å². The van der Waals surface area contributed by atoms with Gasteiger partial charge in [-0.05, 0) is 39.5 Å². The summed E-state index contributed by atoms with van der Waals surface area (Å²) in [5.41, 5.74) is -0.566. The lowest BCUT2D eigenvalue weighted by Crippen LogP contribution is -2.45. The van der Waals surface area contributed by atoms with Gasteiger partial charge >= 0.3 is 6.09 Å². The molecule has 1 fully saturated rings. The lowest BCUT2D eigenvalue weighted by molar-refractivity contribution is 0.0258. The quantitative estimate of drug-likeness (QED) is 0.766. The zero-order valence-corrected chi connectivity index (χ0v) is 17.5. The lowest BCUT2D eigenvalue weighted by atomic mass is 9.99. The molecular formula is C16H27ClN4O4S. The summed E-state index contributed by atoms with van der Waals surface area (Å²) in [6, 6.07) is 0. The molecule has 1 atom stereocenters. The summed E-state index contributed by atoms with van der Waals surface area (Å²) in [4.78, 5) is 17.6. The van der Waals surface area contributed by atoms with E-state index >= 15 is 0 Å². The van der Waals surface area contributed by atoms with Gasteiger partial charge in [0.25, 0.3) is 10.0 Å². The number of carbonyl (C=O) groups excluding carboxylic acids is 1. The van der Waals surface area contributed by atoms with Crippen LogP contribution in [0.5, 0.6) is 0 Å². The average molecular weight is 407 g/mol. The number of amides is 1. The number of nitrogens with zero attached hydrogens (tertiary/aromatic N) is 4. The molecule has 0 aromatic carbocycles. The topological polar surface area (TPSA) is 84.7 Å². The van der Waals surface area contributed by atoms with Crippen LogP contribution in [0.25, 0.3) is 0 Å². The van der Waals surface area contributed by atoms with Gasteiger partial charge in [0.05, 0.1) is 6.33 Å². The molecule has 0 saturated carbocycles. The highest BCUT2D eigenvalue weighted by atomic mass is 35.5. The molecule has 8 nitrogen and oxygen atoms in total. The van der Waals surface area contributed by atoms with Crippen molar-refractivity contribution in [3.05, 3.63) is 11.5 Å². The average Bonchev–Trinajstić information content (AvgIpc) is 2.86. The fraction of sp³-hybridized carbons (Fsp3) is 0.750. The zero-order chi connectivity index (χ0) is 19.7. The Morgan fingerprint density at radius 1 is 1.46 bits per heavy atom. The van der Waals surface area contributed by atoms with Gasteiger partial charge in [0.2, 0.25) is 5.03 Å². The number of aromatic nitrogens is 2. The Balaban J connectivity index is 2.05. The Morgan fingerprint density at radius 3 is 2.65 bits per heavy atom. The van der Waals surface area contributed by atoms with Gasteiger partial charge in [0.15, 0.2) is 0 Å². The molecule has 2 heterocycles. The van der Waals surface area contributed by atoms with Crippen LogP contribution in [-0.2, 0) is 21.8 Å². The normalized spacial score (nSPS) is 19.4. The number of carbonyl (C=O) groups is 1. The van der Waals surface area contributed by atoms with Crippen LogP contribution in [0.3, 0.4) is 0 Å². The second kappa shape index (κ2) is 7.74. The number of aryl methyl sites for hydroxylation is 1. The van der Waals surface area contributed by atoms with Crippen molar-refractivity contribution in [2.45, 2.75) is 44.2 Å². The minimum Gasteiger partial charge on any atom is -0.444 e. The lowest BCUT2D eigenvalue weighted by Gasteiger charge is -2.34. The molecule has 26 heavy (non-hydrogen) atoms. The summed E-state index contributed by atoms with van der Waals surface area (Å²) >= 11 is 6.06. The molecule has 2 rings (SSSR count). The first-order valence-corrected chi connectivity index (χ1v) is 10.3. The Kier molecular flexibility index (Phi) is 6.24. The van der Waals surface area contributed by atoms with Crippen LogP contribution in [0.2, 0.25) is 5.15 Å². The first kappa shape index (κ1) is 21.0. The number of piperidine rings is 1. The molecule has 0 bridgehead atoms. The van der Waals surface area contributed by atoms with Crippen molar-refractivity contribution in [2.24, 2.45) is 13.0 Å². The molecule has 0 aliphatic carbocycles. The van der Waals surface area contributed by atoms with Crippen molar-refractivity contribution in [1.29, 1.82) is 0 Å². The highest BCUT2D eigenvalue weighted by Crippen LogP contribution is 2.27. The molecule has 1 saturated heterocycles. The maximum absolute atomic E-state index is 12.8. The standard InChI is InChI=1S/C16H27ClN4O4S/c1-16(2,3)25-15(22)19(4)9-12-7-6-8-21(10-12)26(23,24)14-13(17)20(5)11-18-14/h11-12H,6-10H2,1-5H3. The first-order chi connectivity index (χ1) is 11.9. The third kappa shape index (κ3) is 4.89. The van der Waals surface area contributed by atoms with Crippen molar-refractivity contribution in [3.63, 3.8) is 0 Å². The molecule has 0 spiro atoms. The molecule has 0 N–H and O–H groups in total. The zero-order valence-electron chi connectivity index (χ0n) is 15.9. The predicted molar refractivity (Wildman–Crippen MR) is 98.6 cm³/mol.